The predicted molar refractivity (Wildman–Crippen MR) is 80.1 cm³/mol. The molecule has 0 aliphatic heterocycles. The van der Waals surface area contributed by atoms with E-state index in [2.05, 4.69) is 4.98 Å². The minimum atomic E-state index is -4.02. The summed E-state index contributed by atoms with van der Waals surface area (Å²) in [5.41, 5.74) is 0.936. The van der Waals surface area contributed by atoms with E-state index >= 15 is 0 Å². The van der Waals surface area contributed by atoms with Gasteiger partial charge in [-0.25, -0.2) is 18.1 Å². The molecule has 0 spiro atoms. The number of pyridine rings is 1. The van der Waals surface area contributed by atoms with E-state index in [1.54, 1.807) is 13.0 Å². The van der Waals surface area contributed by atoms with Crippen LogP contribution in [0.4, 0.5) is 0 Å². The van der Waals surface area contributed by atoms with Crippen LogP contribution in [-0.4, -0.2) is 19.3 Å². The Balaban J connectivity index is 2.28. The first-order valence-electron chi connectivity index (χ1n) is 5.74. The van der Waals surface area contributed by atoms with Gasteiger partial charge in [-0.3, -0.25) is 4.79 Å². The van der Waals surface area contributed by atoms with Gasteiger partial charge in [0.15, 0.2) is 0 Å². The van der Waals surface area contributed by atoms with Crippen LogP contribution in [0.1, 0.15) is 15.9 Å². The molecule has 0 bridgehead atoms. The number of nitrogens with one attached hydrogen (secondary N) is 1. The average molecular weight is 345 g/mol. The van der Waals surface area contributed by atoms with E-state index in [4.69, 9.17) is 23.2 Å². The third-order valence-electron chi connectivity index (χ3n) is 2.67. The Morgan fingerprint density at radius 2 is 1.90 bits per heavy atom. The molecule has 0 unspecified atom stereocenters. The van der Waals surface area contributed by atoms with Crippen molar-refractivity contribution < 1.29 is 13.2 Å². The summed E-state index contributed by atoms with van der Waals surface area (Å²) in [6.07, 6.45) is 1.24. The van der Waals surface area contributed by atoms with E-state index in [1.807, 2.05) is 4.72 Å². The highest BCUT2D eigenvalue weighted by Gasteiger charge is 2.19. The van der Waals surface area contributed by atoms with Crippen molar-refractivity contribution in [2.45, 2.75) is 11.8 Å². The van der Waals surface area contributed by atoms with Crippen molar-refractivity contribution >= 4 is 39.1 Å². The Morgan fingerprint density at radius 1 is 1.19 bits per heavy atom. The highest BCUT2D eigenvalue weighted by molar-refractivity contribution is 7.90. The minimum Gasteiger partial charge on any atom is -0.268 e. The normalized spacial score (nSPS) is 11.2. The summed E-state index contributed by atoms with van der Waals surface area (Å²) in [5, 5.41) is 0.399. The van der Waals surface area contributed by atoms with Crippen molar-refractivity contribution in [2.75, 3.05) is 0 Å². The Kier molecular flexibility index (Phi) is 4.51. The molecular weight excluding hydrogens is 335 g/mol. The molecule has 5 nitrogen and oxygen atoms in total. The molecule has 8 heteroatoms. The fraction of sp³-hybridized carbons (Fsp3) is 0.0769. The van der Waals surface area contributed by atoms with E-state index in [0.717, 1.165) is 11.6 Å². The molecule has 1 aromatic heterocycles. The van der Waals surface area contributed by atoms with Gasteiger partial charge in [0.2, 0.25) is 0 Å². The molecule has 1 aromatic carbocycles. The van der Waals surface area contributed by atoms with Gasteiger partial charge in [-0.05, 0) is 36.8 Å². The Labute approximate surface area is 132 Å². The number of carbonyl (C=O) groups is 1. The Bertz CT molecular complexity index is 807. The van der Waals surface area contributed by atoms with Crippen molar-refractivity contribution in [3.05, 3.63) is 57.8 Å². The lowest BCUT2D eigenvalue weighted by atomic mass is 10.1. The molecule has 2 rings (SSSR count). The van der Waals surface area contributed by atoms with Crippen molar-refractivity contribution in [3.63, 3.8) is 0 Å². The summed E-state index contributed by atoms with van der Waals surface area (Å²) in [5.74, 6) is -0.773. The van der Waals surface area contributed by atoms with Crippen molar-refractivity contribution in [2.24, 2.45) is 0 Å². The van der Waals surface area contributed by atoms with Gasteiger partial charge in [0.25, 0.3) is 15.9 Å². The molecule has 0 radical (unpaired) electrons. The van der Waals surface area contributed by atoms with E-state index in [-0.39, 0.29) is 15.6 Å². The fourth-order valence-electron chi connectivity index (χ4n) is 1.53. The monoisotopic (exact) mass is 344 g/mol. The summed E-state index contributed by atoms with van der Waals surface area (Å²) < 4.78 is 26.1. The highest BCUT2D eigenvalue weighted by atomic mass is 35.5. The third kappa shape index (κ3) is 3.72. The van der Waals surface area contributed by atoms with E-state index in [1.165, 1.54) is 24.4 Å². The van der Waals surface area contributed by atoms with Crippen LogP contribution in [0.5, 0.6) is 0 Å². The highest BCUT2D eigenvalue weighted by Crippen LogP contribution is 2.18. The molecule has 1 heterocycles. The Hall–Kier alpha value is -1.63. The lowest BCUT2D eigenvalue weighted by Crippen LogP contribution is -2.30. The summed E-state index contributed by atoms with van der Waals surface area (Å²) in [7, 11) is -4.02. The first-order chi connectivity index (χ1) is 9.79. The van der Waals surface area contributed by atoms with Crippen LogP contribution in [-0.2, 0) is 10.0 Å². The van der Waals surface area contributed by atoms with Crippen LogP contribution in [0.15, 0.2) is 41.4 Å². The zero-order chi connectivity index (χ0) is 15.6. The summed E-state index contributed by atoms with van der Waals surface area (Å²) in [6.45, 7) is 1.78. The number of sulfonamides is 1. The number of aryl methyl sites for hydroxylation is 1. The zero-order valence-corrected chi connectivity index (χ0v) is 13.1. The smallest absolute Gasteiger partial charge is 0.265 e. The number of benzene rings is 1. The van der Waals surface area contributed by atoms with Gasteiger partial charge >= 0.3 is 0 Å². The van der Waals surface area contributed by atoms with Gasteiger partial charge in [0, 0.05) is 16.8 Å². The largest absolute Gasteiger partial charge is 0.268 e. The number of nitrogens with zero attached hydrogens (tertiary/aromatic N) is 1. The second kappa shape index (κ2) is 6.01. The summed E-state index contributed by atoms with van der Waals surface area (Å²) in [6, 6.07) is 6.92. The van der Waals surface area contributed by atoms with Crippen LogP contribution in [0.3, 0.4) is 0 Å². The summed E-state index contributed by atoms with van der Waals surface area (Å²) >= 11 is 11.5. The molecule has 110 valence electrons. The molecule has 1 N–H and O–H groups in total. The molecule has 0 saturated carbocycles. The molecule has 0 saturated heterocycles. The number of amides is 1. The minimum absolute atomic E-state index is 0.0173. The lowest BCUT2D eigenvalue weighted by molar-refractivity contribution is 0.0981. The zero-order valence-electron chi connectivity index (χ0n) is 10.8. The van der Waals surface area contributed by atoms with Crippen LogP contribution < -0.4 is 4.72 Å². The van der Waals surface area contributed by atoms with Crippen LogP contribution >= 0.6 is 23.2 Å². The topological polar surface area (TPSA) is 76.1 Å². The lowest BCUT2D eigenvalue weighted by Gasteiger charge is -2.08. The first-order valence-corrected chi connectivity index (χ1v) is 7.98. The van der Waals surface area contributed by atoms with Crippen LogP contribution in [0.2, 0.25) is 10.2 Å². The molecule has 0 fully saturated rings. The fourth-order valence-corrected chi connectivity index (χ4v) is 2.93. The van der Waals surface area contributed by atoms with E-state index in [9.17, 15) is 13.2 Å². The summed E-state index contributed by atoms with van der Waals surface area (Å²) in [4.78, 5) is 15.5. The van der Waals surface area contributed by atoms with E-state index in [0.29, 0.717) is 5.02 Å². The quantitative estimate of drug-likeness (QED) is 0.868. The second-order valence-corrected chi connectivity index (χ2v) is 6.69. The maximum absolute atomic E-state index is 12.1. The van der Waals surface area contributed by atoms with Crippen LogP contribution in [0.25, 0.3) is 0 Å². The second-order valence-electron chi connectivity index (χ2n) is 4.21. The molecule has 1 amide bonds. The van der Waals surface area contributed by atoms with Gasteiger partial charge in [-0.1, -0.05) is 29.3 Å². The maximum Gasteiger partial charge on any atom is 0.265 e. The molecule has 2 aromatic rings. The van der Waals surface area contributed by atoms with Gasteiger partial charge in [0.1, 0.15) is 5.15 Å². The molecule has 21 heavy (non-hydrogen) atoms. The number of carbonyl (C=O) groups excluding carboxylic acids is 1. The maximum atomic E-state index is 12.1. The number of hydrogen-bond donors (Lipinski definition) is 1. The number of halogens is 2. The SMILES string of the molecule is Cc1ccc(C(=O)NS(=O)(=O)c2ccnc(Cl)c2)cc1Cl. The first kappa shape index (κ1) is 15.8. The molecule has 0 aliphatic rings. The number of rotatable bonds is 3. The third-order valence-corrected chi connectivity index (χ3v) is 4.61. The van der Waals surface area contributed by atoms with Gasteiger partial charge in [-0.2, -0.15) is 0 Å². The molecule has 0 aliphatic carbocycles. The van der Waals surface area contributed by atoms with E-state index < -0.39 is 15.9 Å². The van der Waals surface area contributed by atoms with Crippen molar-refractivity contribution in [1.29, 1.82) is 0 Å². The molecule has 0 atom stereocenters. The average Bonchev–Trinajstić information content (AvgIpc) is 2.41. The van der Waals surface area contributed by atoms with Gasteiger partial charge in [0.05, 0.1) is 4.90 Å². The van der Waals surface area contributed by atoms with Crippen LogP contribution in [0, 0.1) is 6.92 Å². The van der Waals surface area contributed by atoms with Gasteiger partial charge < -0.3 is 0 Å². The molecular formula is C13H10Cl2N2O3S. The van der Waals surface area contributed by atoms with Crippen molar-refractivity contribution in [1.82, 2.24) is 9.71 Å². The number of aromatic nitrogens is 1. The Morgan fingerprint density at radius 3 is 2.52 bits per heavy atom. The van der Waals surface area contributed by atoms with Gasteiger partial charge in [-0.15, -0.1) is 0 Å². The standard InChI is InChI=1S/C13H10Cl2N2O3S/c1-8-2-3-9(6-11(8)14)13(18)17-21(19,20)10-4-5-16-12(15)7-10/h2-7H,1H3,(H,17,18). The van der Waals surface area contributed by atoms with Crippen molar-refractivity contribution in [3.8, 4) is 0 Å². The predicted octanol–water partition coefficient (Wildman–Crippen LogP) is 2.82. The number of hydrogen-bond acceptors (Lipinski definition) is 4.